The number of nitrogens with zero attached hydrogens (tertiary/aromatic N) is 5. The standard InChI is InChI=1S/C25H32N6O3S/c1-14(2)21-24(33)30(15(3)4)25(34)31(21)20-13-28-10-11-35-19-12-16(7-8-17(19)23(28)27-20)29-9-5-6-18(29)22(26)32/h7-8,12-15,18,21H,5-6,9-11H2,1-4H3,(H2,26,32)/t18-,21?/m0/s1. The molecule has 186 valence electrons. The molecule has 10 heteroatoms. The van der Waals surface area contributed by atoms with E-state index in [4.69, 9.17) is 10.7 Å². The van der Waals surface area contributed by atoms with Gasteiger partial charge in [0.1, 0.15) is 17.9 Å². The van der Waals surface area contributed by atoms with Crippen LogP contribution in [0.15, 0.2) is 29.3 Å². The summed E-state index contributed by atoms with van der Waals surface area (Å²) in [6.07, 6.45) is 3.62. The van der Waals surface area contributed by atoms with Crippen molar-refractivity contribution in [3.05, 3.63) is 24.4 Å². The van der Waals surface area contributed by atoms with E-state index in [-0.39, 0.29) is 35.8 Å². The SMILES string of the molecule is CC(C)C1C(=O)N(C(C)C)C(=O)N1c1cn2c(n1)-c1ccc(N3CCC[C@H]3C(N)=O)cc1SCC2. The lowest BCUT2D eigenvalue weighted by atomic mass is 10.0. The van der Waals surface area contributed by atoms with Crippen LogP contribution in [0.3, 0.4) is 0 Å². The number of aromatic nitrogens is 2. The van der Waals surface area contributed by atoms with E-state index < -0.39 is 6.04 Å². The van der Waals surface area contributed by atoms with Crippen LogP contribution >= 0.6 is 11.8 Å². The summed E-state index contributed by atoms with van der Waals surface area (Å²) in [5.41, 5.74) is 7.61. The smallest absolute Gasteiger partial charge is 0.333 e. The molecular weight excluding hydrogens is 464 g/mol. The summed E-state index contributed by atoms with van der Waals surface area (Å²) in [5.74, 6) is 1.64. The number of hydrogen-bond donors (Lipinski definition) is 1. The molecule has 2 fully saturated rings. The van der Waals surface area contributed by atoms with Gasteiger partial charge < -0.3 is 15.2 Å². The lowest BCUT2D eigenvalue weighted by Gasteiger charge is -2.25. The van der Waals surface area contributed by atoms with E-state index in [1.54, 1.807) is 16.7 Å². The van der Waals surface area contributed by atoms with Crippen LogP contribution in [0.25, 0.3) is 11.4 Å². The van der Waals surface area contributed by atoms with Gasteiger partial charge in [0, 0.05) is 47.2 Å². The van der Waals surface area contributed by atoms with Crippen molar-refractivity contribution in [1.29, 1.82) is 0 Å². The predicted molar refractivity (Wildman–Crippen MR) is 136 cm³/mol. The van der Waals surface area contributed by atoms with Crippen LogP contribution in [0, 0.1) is 5.92 Å². The number of aryl methyl sites for hydroxylation is 1. The average molecular weight is 497 g/mol. The number of thioether (sulfide) groups is 1. The number of urea groups is 1. The van der Waals surface area contributed by atoms with Crippen molar-refractivity contribution >= 4 is 41.1 Å². The highest BCUT2D eigenvalue weighted by Gasteiger charge is 2.49. The number of imide groups is 1. The maximum atomic E-state index is 13.3. The fourth-order valence-corrected chi connectivity index (χ4v) is 6.43. The summed E-state index contributed by atoms with van der Waals surface area (Å²) in [7, 11) is 0. The Labute approximate surface area is 209 Å². The lowest BCUT2D eigenvalue weighted by Crippen LogP contribution is -2.40. The quantitative estimate of drug-likeness (QED) is 0.637. The zero-order chi connectivity index (χ0) is 25.0. The van der Waals surface area contributed by atoms with Gasteiger partial charge in [0.25, 0.3) is 5.91 Å². The molecule has 0 saturated carbocycles. The van der Waals surface area contributed by atoms with E-state index in [9.17, 15) is 14.4 Å². The Morgan fingerprint density at radius 3 is 2.63 bits per heavy atom. The van der Waals surface area contributed by atoms with E-state index in [1.165, 1.54) is 4.90 Å². The van der Waals surface area contributed by atoms with Gasteiger partial charge in [-0.1, -0.05) is 13.8 Å². The summed E-state index contributed by atoms with van der Waals surface area (Å²) in [4.78, 5) is 49.3. The molecule has 35 heavy (non-hydrogen) atoms. The fourth-order valence-electron chi connectivity index (χ4n) is 5.40. The molecule has 3 aliphatic heterocycles. The first-order chi connectivity index (χ1) is 16.7. The Morgan fingerprint density at radius 2 is 1.94 bits per heavy atom. The van der Waals surface area contributed by atoms with Crippen molar-refractivity contribution in [3.63, 3.8) is 0 Å². The third-order valence-electron chi connectivity index (χ3n) is 7.05. The van der Waals surface area contributed by atoms with Crippen molar-refractivity contribution < 1.29 is 14.4 Å². The van der Waals surface area contributed by atoms with Gasteiger partial charge in [-0.3, -0.25) is 19.4 Å². The minimum absolute atomic E-state index is 0.0410. The van der Waals surface area contributed by atoms with Gasteiger partial charge in [-0.2, -0.15) is 0 Å². The van der Waals surface area contributed by atoms with Crippen LogP contribution in [-0.4, -0.2) is 62.7 Å². The third kappa shape index (κ3) is 3.87. The van der Waals surface area contributed by atoms with E-state index >= 15 is 0 Å². The Bertz CT molecular complexity index is 1190. The molecule has 4 amide bonds. The normalized spacial score (nSPS) is 22.3. The molecule has 1 aromatic carbocycles. The summed E-state index contributed by atoms with van der Waals surface area (Å²) < 4.78 is 2.07. The monoisotopic (exact) mass is 496 g/mol. The van der Waals surface area contributed by atoms with Gasteiger partial charge in [0.2, 0.25) is 5.91 Å². The second-order valence-electron chi connectivity index (χ2n) is 10.0. The second-order valence-corrected chi connectivity index (χ2v) is 11.2. The summed E-state index contributed by atoms with van der Waals surface area (Å²) in [6, 6.07) is 4.81. The first-order valence-corrected chi connectivity index (χ1v) is 13.2. The molecular formula is C25H32N6O3S. The van der Waals surface area contributed by atoms with Crippen LogP contribution in [0.4, 0.5) is 16.3 Å². The molecule has 2 saturated heterocycles. The van der Waals surface area contributed by atoms with Crippen LogP contribution < -0.4 is 15.5 Å². The maximum absolute atomic E-state index is 13.3. The molecule has 3 aliphatic rings. The number of nitrogens with two attached hydrogens (primary N) is 1. The zero-order valence-corrected chi connectivity index (χ0v) is 21.4. The van der Waals surface area contributed by atoms with Crippen molar-refractivity contribution in [2.75, 3.05) is 22.1 Å². The van der Waals surface area contributed by atoms with E-state index in [0.717, 1.165) is 53.7 Å². The minimum atomic E-state index is -0.568. The molecule has 2 aromatic rings. The highest BCUT2D eigenvalue weighted by molar-refractivity contribution is 7.99. The molecule has 4 heterocycles. The molecule has 2 N–H and O–H groups in total. The zero-order valence-electron chi connectivity index (χ0n) is 20.6. The van der Waals surface area contributed by atoms with Crippen LogP contribution in [-0.2, 0) is 16.1 Å². The van der Waals surface area contributed by atoms with Crippen molar-refractivity contribution in [2.45, 2.75) is 70.1 Å². The number of fused-ring (bicyclic) bond motifs is 3. The van der Waals surface area contributed by atoms with Gasteiger partial charge >= 0.3 is 6.03 Å². The Kier molecular flexibility index (Phi) is 6.03. The second kappa shape index (κ2) is 8.89. The van der Waals surface area contributed by atoms with Gasteiger partial charge in [-0.25, -0.2) is 9.78 Å². The van der Waals surface area contributed by atoms with Crippen LogP contribution in [0.1, 0.15) is 40.5 Å². The molecule has 1 aromatic heterocycles. The Morgan fingerprint density at radius 1 is 1.17 bits per heavy atom. The number of carbonyl (C=O) groups is 3. The third-order valence-corrected chi connectivity index (χ3v) is 8.08. The number of carbonyl (C=O) groups excluding carboxylic acids is 3. The van der Waals surface area contributed by atoms with Gasteiger partial charge in [0.15, 0.2) is 5.82 Å². The summed E-state index contributed by atoms with van der Waals surface area (Å²) in [6.45, 7) is 9.17. The molecule has 0 radical (unpaired) electrons. The Hall–Kier alpha value is -3.01. The number of imidazole rings is 1. The first kappa shape index (κ1) is 23.7. The summed E-state index contributed by atoms with van der Waals surface area (Å²) in [5, 5.41) is 0. The topological polar surface area (TPSA) is 105 Å². The molecule has 2 atom stereocenters. The molecule has 9 nitrogen and oxygen atoms in total. The minimum Gasteiger partial charge on any atom is -0.368 e. The van der Waals surface area contributed by atoms with E-state index in [1.807, 2.05) is 46.0 Å². The van der Waals surface area contributed by atoms with Gasteiger partial charge in [0.05, 0.1) is 0 Å². The van der Waals surface area contributed by atoms with Crippen molar-refractivity contribution in [3.8, 4) is 11.4 Å². The predicted octanol–water partition coefficient (Wildman–Crippen LogP) is 3.31. The molecule has 1 unspecified atom stereocenters. The molecule has 5 rings (SSSR count). The number of primary amides is 1. The number of amides is 4. The average Bonchev–Trinajstić information content (AvgIpc) is 3.47. The van der Waals surface area contributed by atoms with E-state index in [0.29, 0.717) is 5.82 Å². The fraction of sp³-hybridized carbons (Fsp3) is 0.520. The van der Waals surface area contributed by atoms with Crippen LogP contribution in [0.2, 0.25) is 0 Å². The first-order valence-electron chi connectivity index (χ1n) is 12.3. The van der Waals surface area contributed by atoms with Crippen molar-refractivity contribution in [2.24, 2.45) is 11.7 Å². The highest BCUT2D eigenvalue weighted by atomic mass is 32.2. The van der Waals surface area contributed by atoms with Crippen molar-refractivity contribution in [1.82, 2.24) is 14.5 Å². The largest absolute Gasteiger partial charge is 0.368 e. The highest BCUT2D eigenvalue weighted by Crippen LogP contribution is 2.40. The maximum Gasteiger partial charge on any atom is 0.333 e. The van der Waals surface area contributed by atoms with Gasteiger partial charge in [-0.05, 0) is 50.8 Å². The molecule has 0 spiro atoms. The Balaban J connectivity index is 1.53. The summed E-state index contributed by atoms with van der Waals surface area (Å²) >= 11 is 1.76. The molecule has 0 aliphatic carbocycles. The van der Waals surface area contributed by atoms with E-state index in [2.05, 4.69) is 15.5 Å². The number of benzene rings is 1. The lowest BCUT2D eigenvalue weighted by molar-refractivity contribution is -0.129. The number of hydrogen-bond acceptors (Lipinski definition) is 6. The molecule has 0 bridgehead atoms. The number of anilines is 2. The van der Waals surface area contributed by atoms with Crippen LogP contribution in [0.5, 0.6) is 0 Å². The number of rotatable bonds is 5. The van der Waals surface area contributed by atoms with Gasteiger partial charge in [-0.15, -0.1) is 11.8 Å².